The summed E-state index contributed by atoms with van der Waals surface area (Å²) in [6.07, 6.45) is 0.0104. The zero-order valence-electron chi connectivity index (χ0n) is 6.77. The van der Waals surface area contributed by atoms with E-state index in [9.17, 15) is 4.57 Å². The second kappa shape index (κ2) is 4.49. The van der Waals surface area contributed by atoms with Crippen LogP contribution >= 0.6 is 7.60 Å². The summed E-state index contributed by atoms with van der Waals surface area (Å²) in [7, 11) is -0.471. The van der Waals surface area contributed by atoms with E-state index < -0.39 is 7.60 Å². The highest BCUT2D eigenvalue weighted by Crippen LogP contribution is 2.45. The van der Waals surface area contributed by atoms with Crippen molar-refractivity contribution < 1.29 is 18.8 Å². The molecule has 0 rings (SSSR count). The van der Waals surface area contributed by atoms with Gasteiger partial charge in [-0.2, -0.15) is 0 Å². The summed E-state index contributed by atoms with van der Waals surface area (Å²) in [5.41, 5.74) is 0.317. The van der Waals surface area contributed by atoms with Crippen molar-refractivity contribution >= 4 is 13.3 Å². The third kappa shape index (κ3) is 3.51. The summed E-state index contributed by atoms with van der Waals surface area (Å²) in [6, 6.07) is 0. The molecule has 11 heavy (non-hydrogen) atoms. The van der Waals surface area contributed by atoms with E-state index in [1.54, 1.807) is 0 Å². The van der Waals surface area contributed by atoms with Crippen LogP contribution < -0.4 is 0 Å². The van der Waals surface area contributed by atoms with Gasteiger partial charge in [-0.05, 0) is 6.92 Å². The first kappa shape index (κ1) is 10.6. The van der Waals surface area contributed by atoms with Crippen LogP contribution in [-0.2, 0) is 13.6 Å². The normalized spacial score (nSPS) is 13.5. The number of rotatable bonds is 4. The molecule has 0 heterocycles. The molecule has 0 amide bonds. The SMILES string of the molecule is COP(=O)(C/C(C)=N/O)OC. The fourth-order valence-electron chi connectivity index (χ4n) is 0.516. The molecule has 0 saturated heterocycles. The quantitative estimate of drug-likeness (QED) is 0.307. The second-order valence-corrected chi connectivity index (χ2v) is 4.24. The lowest BCUT2D eigenvalue weighted by Crippen LogP contribution is -2.03. The van der Waals surface area contributed by atoms with Crippen molar-refractivity contribution in [2.45, 2.75) is 6.92 Å². The molecule has 5 nitrogen and oxygen atoms in total. The minimum atomic E-state index is -3.04. The van der Waals surface area contributed by atoms with Gasteiger partial charge in [0.2, 0.25) is 0 Å². The van der Waals surface area contributed by atoms with Crippen LogP contribution in [0.4, 0.5) is 0 Å². The minimum Gasteiger partial charge on any atom is -0.411 e. The lowest BCUT2D eigenvalue weighted by molar-refractivity contribution is 0.278. The molecule has 0 aliphatic rings. The Kier molecular flexibility index (Phi) is 4.33. The third-order valence-electron chi connectivity index (χ3n) is 1.15. The molecule has 0 spiro atoms. The van der Waals surface area contributed by atoms with Crippen LogP contribution in [0, 0.1) is 0 Å². The van der Waals surface area contributed by atoms with E-state index in [0.717, 1.165) is 0 Å². The van der Waals surface area contributed by atoms with Gasteiger partial charge in [0.25, 0.3) is 0 Å². The molecular weight excluding hydrogens is 169 g/mol. The molecule has 0 radical (unpaired) electrons. The first-order valence-corrected chi connectivity index (χ1v) is 4.69. The minimum absolute atomic E-state index is 0.0104. The zero-order chi connectivity index (χ0) is 8.91. The molecule has 0 aromatic heterocycles. The van der Waals surface area contributed by atoms with Crippen molar-refractivity contribution in [2.75, 3.05) is 20.4 Å². The monoisotopic (exact) mass is 181 g/mol. The summed E-state index contributed by atoms with van der Waals surface area (Å²) in [4.78, 5) is 0. The van der Waals surface area contributed by atoms with Gasteiger partial charge in [0.05, 0.1) is 11.9 Å². The molecule has 0 fully saturated rings. The van der Waals surface area contributed by atoms with Gasteiger partial charge in [0.15, 0.2) is 0 Å². The first-order valence-electron chi connectivity index (χ1n) is 2.96. The molecule has 0 atom stereocenters. The number of hydrogen-bond acceptors (Lipinski definition) is 5. The average Bonchev–Trinajstić information content (AvgIpc) is 2.04. The van der Waals surface area contributed by atoms with Crippen molar-refractivity contribution in [1.29, 1.82) is 0 Å². The molecule has 6 heteroatoms. The van der Waals surface area contributed by atoms with E-state index in [4.69, 9.17) is 5.21 Å². The Morgan fingerprint density at radius 2 is 2.00 bits per heavy atom. The van der Waals surface area contributed by atoms with Crippen LogP contribution in [0.15, 0.2) is 5.16 Å². The highest BCUT2D eigenvalue weighted by molar-refractivity contribution is 7.54. The Labute approximate surface area is 65.5 Å². The Balaban J connectivity index is 4.20. The largest absolute Gasteiger partial charge is 0.411 e. The number of hydrogen-bond donors (Lipinski definition) is 1. The van der Waals surface area contributed by atoms with E-state index in [1.165, 1.54) is 21.1 Å². The lowest BCUT2D eigenvalue weighted by Gasteiger charge is -2.11. The van der Waals surface area contributed by atoms with Gasteiger partial charge in [-0.3, -0.25) is 4.57 Å². The van der Waals surface area contributed by atoms with Crippen molar-refractivity contribution in [3.05, 3.63) is 0 Å². The summed E-state index contributed by atoms with van der Waals surface area (Å²) < 4.78 is 20.5. The number of nitrogens with zero attached hydrogens (tertiary/aromatic N) is 1. The van der Waals surface area contributed by atoms with Gasteiger partial charge in [0, 0.05) is 14.2 Å². The van der Waals surface area contributed by atoms with Crippen LogP contribution in [0.3, 0.4) is 0 Å². The van der Waals surface area contributed by atoms with Gasteiger partial charge >= 0.3 is 7.60 Å². The molecular formula is C5H12NO4P. The molecule has 0 aromatic rings. The van der Waals surface area contributed by atoms with Crippen molar-refractivity contribution in [1.82, 2.24) is 0 Å². The standard InChI is InChI=1S/C5H12NO4P/c1-5(6-7)4-11(8,9-2)10-3/h7H,4H2,1-3H3/b6-5+. The fourth-order valence-corrected chi connectivity index (χ4v) is 1.55. The first-order chi connectivity index (χ1) is 5.08. The van der Waals surface area contributed by atoms with Crippen LogP contribution in [0.2, 0.25) is 0 Å². The predicted molar refractivity (Wildman–Crippen MR) is 41.4 cm³/mol. The molecule has 0 unspecified atom stereocenters. The zero-order valence-corrected chi connectivity index (χ0v) is 7.67. The van der Waals surface area contributed by atoms with Gasteiger partial charge in [-0.25, -0.2) is 0 Å². The van der Waals surface area contributed by atoms with Crippen LogP contribution in [0.1, 0.15) is 6.92 Å². The van der Waals surface area contributed by atoms with Gasteiger partial charge < -0.3 is 14.3 Å². The maximum atomic E-state index is 11.3. The van der Waals surface area contributed by atoms with Crippen LogP contribution in [0.5, 0.6) is 0 Å². The van der Waals surface area contributed by atoms with Gasteiger partial charge in [-0.1, -0.05) is 5.16 Å². The molecule has 0 bridgehead atoms. The summed E-state index contributed by atoms with van der Waals surface area (Å²) in [5.74, 6) is 0. The van der Waals surface area contributed by atoms with E-state index in [2.05, 4.69) is 14.2 Å². The third-order valence-corrected chi connectivity index (χ3v) is 3.11. The van der Waals surface area contributed by atoms with E-state index >= 15 is 0 Å². The van der Waals surface area contributed by atoms with Gasteiger partial charge in [0.1, 0.15) is 0 Å². The molecule has 1 N–H and O–H groups in total. The van der Waals surface area contributed by atoms with Crippen LogP contribution in [0.25, 0.3) is 0 Å². The topological polar surface area (TPSA) is 68.1 Å². The molecule has 0 aromatic carbocycles. The second-order valence-electron chi connectivity index (χ2n) is 1.97. The Bertz CT molecular complexity index is 183. The summed E-state index contributed by atoms with van der Waals surface area (Å²) in [6.45, 7) is 1.53. The Hall–Kier alpha value is -0.380. The Morgan fingerprint density at radius 3 is 2.27 bits per heavy atom. The predicted octanol–water partition coefficient (Wildman–Crippen LogP) is 1.32. The van der Waals surface area contributed by atoms with Crippen molar-refractivity contribution in [3.8, 4) is 0 Å². The van der Waals surface area contributed by atoms with E-state index in [0.29, 0.717) is 5.71 Å². The van der Waals surface area contributed by atoms with Gasteiger partial charge in [-0.15, -0.1) is 0 Å². The molecule has 0 saturated carbocycles. The smallest absolute Gasteiger partial charge is 0.335 e. The maximum Gasteiger partial charge on any atom is 0.335 e. The van der Waals surface area contributed by atoms with Crippen molar-refractivity contribution in [2.24, 2.45) is 5.16 Å². The Morgan fingerprint density at radius 1 is 1.55 bits per heavy atom. The highest BCUT2D eigenvalue weighted by Gasteiger charge is 2.22. The average molecular weight is 181 g/mol. The molecule has 0 aliphatic carbocycles. The maximum absolute atomic E-state index is 11.3. The van der Waals surface area contributed by atoms with Crippen LogP contribution in [-0.4, -0.2) is 31.3 Å². The molecule has 66 valence electrons. The lowest BCUT2D eigenvalue weighted by atomic mass is 10.5. The van der Waals surface area contributed by atoms with E-state index in [-0.39, 0.29) is 6.16 Å². The van der Waals surface area contributed by atoms with E-state index in [1.807, 2.05) is 0 Å². The molecule has 0 aliphatic heterocycles. The summed E-state index contributed by atoms with van der Waals surface area (Å²) in [5, 5.41) is 11.1. The van der Waals surface area contributed by atoms with Crippen molar-refractivity contribution in [3.63, 3.8) is 0 Å². The highest BCUT2D eigenvalue weighted by atomic mass is 31.2. The fraction of sp³-hybridized carbons (Fsp3) is 0.800. The summed E-state index contributed by atoms with van der Waals surface area (Å²) >= 11 is 0. The number of oxime groups is 1.